The van der Waals surface area contributed by atoms with Gasteiger partial charge in [0.25, 0.3) is 5.24 Å². The summed E-state index contributed by atoms with van der Waals surface area (Å²) in [6.07, 6.45) is 26.2. The number of allylic oxidation sites excluding steroid dienone is 1. The first-order valence-electron chi connectivity index (χ1n) is 18.4. The average Bonchev–Trinajstić information content (AvgIpc) is 3.00. The van der Waals surface area contributed by atoms with Gasteiger partial charge in [0.1, 0.15) is 19.3 Å². The van der Waals surface area contributed by atoms with Crippen LogP contribution in [0.15, 0.2) is 12.2 Å². The van der Waals surface area contributed by atoms with Gasteiger partial charge in [-0.3, -0.25) is 14.4 Å². The van der Waals surface area contributed by atoms with Gasteiger partial charge in [-0.05, 0) is 65.5 Å². The Morgan fingerprint density at radius 3 is 1.84 bits per heavy atom. The number of rotatable bonds is 31. The molecule has 0 bridgehead atoms. The highest BCUT2D eigenvalue weighted by Gasteiger charge is 2.21. The van der Waals surface area contributed by atoms with E-state index in [9.17, 15) is 14.4 Å². The quantitative estimate of drug-likeness (QED) is 0.0418. The van der Waals surface area contributed by atoms with Crippen molar-refractivity contribution in [2.45, 2.75) is 162 Å². The van der Waals surface area contributed by atoms with Crippen molar-refractivity contribution in [1.82, 2.24) is 9.80 Å². The first-order valence-corrected chi connectivity index (χ1v) is 19.4. The van der Waals surface area contributed by atoms with E-state index in [-0.39, 0.29) is 29.8 Å². The Hall–Kier alpha value is -1.54. The van der Waals surface area contributed by atoms with Crippen molar-refractivity contribution in [2.75, 3.05) is 46.1 Å². The van der Waals surface area contributed by atoms with Crippen molar-refractivity contribution >= 4 is 28.9 Å². The normalized spacial score (nSPS) is 11.5. The maximum atomic E-state index is 13.1. The van der Waals surface area contributed by atoms with Crippen LogP contribution in [0.4, 0.5) is 4.79 Å². The molecule has 0 aliphatic carbocycles. The van der Waals surface area contributed by atoms with Gasteiger partial charge in [-0.2, -0.15) is 0 Å². The van der Waals surface area contributed by atoms with Crippen molar-refractivity contribution in [1.29, 1.82) is 0 Å². The fraction of sp³-hybridized carbons (Fsp3) is 0.865. The van der Waals surface area contributed by atoms with Crippen LogP contribution in [0.2, 0.25) is 0 Å². The largest absolute Gasteiger partial charge is 0.461 e. The summed E-state index contributed by atoms with van der Waals surface area (Å²) in [6.45, 7) is 8.24. The Morgan fingerprint density at radius 2 is 1.24 bits per heavy atom. The van der Waals surface area contributed by atoms with Crippen molar-refractivity contribution < 1.29 is 23.9 Å². The van der Waals surface area contributed by atoms with Gasteiger partial charge < -0.3 is 19.3 Å². The molecule has 45 heavy (non-hydrogen) atoms. The molecule has 0 aliphatic rings. The maximum Gasteiger partial charge on any atom is 0.325 e. The van der Waals surface area contributed by atoms with Gasteiger partial charge in [0, 0.05) is 25.3 Å². The van der Waals surface area contributed by atoms with Gasteiger partial charge >= 0.3 is 11.9 Å². The van der Waals surface area contributed by atoms with Crippen LogP contribution in [0, 0.1) is 0 Å². The second kappa shape index (κ2) is 32.4. The molecular weight excluding hydrogens is 584 g/mol. The van der Waals surface area contributed by atoms with Crippen LogP contribution >= 0.6 is 11.8 Å². The summed E-state index contributed by atoms with van der Waals surface area (Å²) in [7, 11) is 3.97. The van der Waals surface area contributed by atoms with Gasteiger partial charge in [0.15, 0.2) is 0 Å². The first-order chi connectivity index (χ1) is 21.8. The molecule has 7 nitrogen and oxygen atoms in total. The molecule has 0 aliphatic heterocycles. The molecule has 1 amide bonds. The third-order valence-electron chi connectivity index (χ3n) is 7.94. The molecule has 8 heteroatoms. The highest BCUT2D eigenvalue weighted by molar-refractivity contribution is 8.13. The van der Waals surface area contributed by atoms with Gasteiger partial charge in [0.2, 0.25) is 0 Å². The maximum absolute atomic E-state index is 13.1. The van der Waals surface area contributed by atoms with E-state index in [2.05, 4.69) is 26.8 Å². The van der Waals surface area contributed by atoms with E-state index < -0.39 is 0 Å². The van der Waals surface area contributed by atoms with E-state index in [1.165, 1.54) is 88.8 Å². The summed E-state index contributed by atoms with van der Waals surface area (Å²) in [5.74, 6) is 0.191. The zero-order chi connectivity index (χ0) is 33.4. The van der Waals surface area contributed by atoms with Gasteiger partial charge in [-0.25, -0.2) is 0 Å². The molecule has 0 N–H and O–H groups in total. The molecule has 0 fully saturated rings. The first kappa shape index (κ1) is 43.5. The minimum Gasteiger partial charge on any atom is -0.461 e. The van der Waals surface area contributed by atoms with Crippen LogP contribution in [0.3, 0.4) is 0 Å². The second-order valence-corrected chi connectivity index (χ2v) is 13.7. The fourth-order valence-corrected chi connectivity index (χ4v) is 6.04. The summed E-state index contributed by atoms with van der Waals surface area (Å²) < 4.78 is 11.3. The van der Waals surface area contributed by atoms with Crippen LogP contribution in [0.5, 0.6) is 0 Å². The van der Waals surface area contributed by atoms with Gasteiger partial charge in [-0.15, -0.1) is 0 Å². The number of nitrogens with zero attached hydrogens (tertiary/aromatic N) is 2. The van der Waals surface area contributed by atoms with E-state index >= 15 is 0 Å². The molecule has 0 aromatic rings. The lowest BCUT2D eigenvalue weighted by Gasteiger charge is -2.24. The standard InChI is InChI=1S/C37H70N2O5S/c1-6-9-12-15-16-19-25-31-43-35(40)28-23-20-24-29-39(37(42)45-32-30-38(4)5)33-36(41)44-34(26-21-17-13-10-7-2)27-22-18-14-11-8-3/h19,25,34H,6-18,20-24,26-33H2,1-5H3/b25-19-. The zero-order valence-corrected chi connectivity index (χ0v) is 30.8. The molecule has 264 valence electrons. The number of carbonyl (C=O) groups excluding carboxylic acids is 3. The van der Waals surface area contributed by atoms with Crippen molar-refractivity contribution in [3.8, 4) is 0 Å². The van der Waals surface area contributed by atoms with Crippen molar-refractivity contribution in [2.24, 2.45) is 0 Å². The number of thioether (sulfide) groups is 1. The molecule has 0 radical (unpaired) electrons. The van der Waals surface area contributed by atoms with Crippen LogP contribution in [-0.2, 0) is 19.1 Å². The average molecular weight is 655 g/mol. The SMILES string of the molecule is CCCCCC/C=C\COC(=O)CCCCCN(CC(=O)OC(CCCCCCC)CCCCCCC)C(=O)SCCN(C)C. The molecule has 0 spiro atoms. The van der Waals surface area contributed by atoms with E-state index in [0.717, 1.165) is 51.5 Å². The summed E-state index contributed by atoms with van der Waals surface area (Å²) >= 11 is 1.26. The fourth-order valence-electron chi connectivity index (χ4n) is 5.07. The van der Waals surface area contributed by atoms with Crippen LogP contribution < -0.4 is 0 Å². The molecule has 0 aromatic carbocycles. The molecule has 0 rings (SSSR count). The summed E-state index contributed by atoms with van der Waals surface area (Å²) in [5.41, 5.74) is 0. The number of carbonyl (C=O) groups is 3. The number of ether oxygens (including phenoxy) is 2. The number of hydrogen-bond acceptors (Lipinski definition) is 7. The number of amides is 1. The summed E-state index contributed by atoms with van der Waals surface area (Å²) in [4.78, 5) is 42.0. The Labute approximate surface area is 282 Å². The zero-order valence-electron chi connectivity index (χ0n) is 30.0. The predicted octanol–water partition coefficient (Wildman–Crippen LogP) is 9.97. The topological polar surface area (TPSA) is 76.1 Å². The molecule has 0 aromatic heterocycles. The van der Waals surface area contributed by atoms with E-state index in [0.29, 0.717) is 31.7 Å². The summed E-state index contributed by atoms with van der Waals surface area (Å²) in [5, 5.41) is -0.0784. The van der Waals surface area contributed by atoms with Gasteiger partial charge in [-0.1, -0.05) is 122 Å². The Morgan fingerprint density at radius 1 is 0.667 bits per heavy atom. The number of unbranched alkanes of at least 4 members (excludes halogenated alkanes) is 14. The van der Waals surface area contributed by atoms with Crippen LogP contribution in [0.25, 0.3) is 0 Å². The molecule has 0 saturated carbocycles. The molecule has 0 saturated heterocycles. The predicted molar refractivity (Wildman–Crippen MR) is 192 cm³/mol. The lowest BCUT2D eigenvalue weighted by molar-refractivity contribution is -0.150. The monoisotopic (exact) mass is 655 g/mol. The summed E-state index contributed by atoms with van der Waals surface area (Å²) in [6, 6.07) is 0. The smallest absolute Gasteiger partial charge is 0.325 e. The van der Waals surface area contributed by atoms with E-state index in [1.807, 2.05) is 25.1 Å². The molecule has 0 heterocycles. The van der Waals surface area contributed by atoms with E-state index in [4.69, 9.17) is 9.47 Å². The van der Waals surface area contributed by atoms with Gasteiger partial charge in [0.05, 0.1) is 0 Å². The number of hydrogen-bond donors (Lipinski definition) is 0. The highest BCUT2D eigenvalue weighted by atomic mass is 32.2. The van der Waals surface area contributed by atoms with Crippen LogP contribution in [0.1, 0.15) is 156 Å². The molecule has 0 atom stereocenters. The van der Waals surface area contributed by atoms with Crippen LogP contribution in [-0.4, -0.2) is 79.2 Å². The number of esters is 2. The lowest BCUT2D eigenvalue weighted by Crippen LogP contribution is -2.36. The highest BCUT2D eigenvalue weighted by Crippen LogP contribution is 2.18. The third-order valence-corrected chi connectivity index (χ3v) is 8.83. The van der Waals surface area contributed by atoms with Crippen molar-refractivity contribution in [3.05, 3.63) is 12.2 Å². The molecular formula is C37H70N2O5S. The molecule has 0 unspecified atom stereocenters. The second-order valence-electron chi connectivity index (χ2n) is 12.7. The van der Waals surface area contributed by atoms with E-state index in [1.54, 1.807) is 4.90 Å². The minimum absolute atomic E-state index is 0.0111. The Kier molecular flexibility index (Phi) is 31.3. The minimum atomic E-state index is -0.300. The lowest BCUT2D eigenvalue weighted by atomic mass is 10.0. The third kappa shape index (κ3) is 29.6. The van der Waals surface area contributed by atoms with Crippen molar-refractivity contribution in [3.63, 3.8) is 0 Å². The Bertz CT molecular complexity index is 732. The Balaban J connectivity index is 4.76.